The Morgan fingerprint density at radius 3 is 2.79 bits per heavy atom. The SMILES string of the molecule is COc1ccccc1CCN1C(=O)N[C@@H](CC(=O)NCCn2ccnc2C)C1=O. The molecule has 1 aromatic carbocycles. The van der Waals surface area contributed by atoms with Crippen LogP contribution in [0.5, 0.6) is 5.75 Å². The van der Waals surface area contributed by atoms with Crippen LogP contribution < -0.4 is 15.4 Å². The number of carbonyl (C=O) groups is 3. The summed E-state index contributed by atoms with van der Waals surface area (Å²) in [6.45, 7) is 3.12. The maximum absolute atomic E-state index is 12.6. The number of urea groups is 1. The predicted octanol–water partition coefficient (Wildman–Crippen LogP) is 0.870. The van der Waals surface area contributed by atoms with Crippen LogP contribution in [0.25, 0.3) is 0 Å². The lowest BCUT2D eigenvalue weighted by Gasteiger charge is -2.14. The Morgan fingerprint density at radius 1 is 1.28 bits per heavy atom. The highest BCUT2D eigenvalue weighted by atomic mass is 16.5. The van der Waals surface area contributed by atoms with Gasteiger partial charge in [0.05, 0.1) is 13.5 Å². The first kappa shape index (κ1) is 20.4. The number of hydrogen-bond acceptors (Lipinski definition) is 5. The molecule has 3 rings (SSSR count). The van der Waals surface area contributed by atoms with Crippen molar-refractivity contribution in [3.8, 4) is 5.75 Å². The Kier molecular flexibility index (Phi) is 6.48. The minimum Gasteiger partial charge on any atom is -0.496 e. The molecule has 0 unspecified atom stereocenters. The van der Waals surface area contributed by atoms with Gasteiger partial charge in [0.25, 0.3) is 5.91 Å². The van der Waals surface area contributed by atoms with E-state index in [-0.39, 0.29) is 24.8 Å². The van der Waals surface area contributed by atoms with Crippen LogP contribution in [0.1, 0.15) is 17.8 Å². The van der Waals surface area contributed by atoms with Crippen molar-refractivity contribution in [1.29, 1.82) is 0 Å². The monoisotopic (exact) mass is 399 g/mol. The fourth-order valence-electron chi connectivity index (χ4n) is 3.28. The largest absolute Gasteiger partial charge is 0.496 e. The van der Waals surface area contributed by atoms with Crippen LogP contribution in [0.3, 0.4) is 0 Å². The molecule has 1 aromatic heterocycles. The van der Waals surface area contributed by atoms with Crippen LogP contribution in [0.15, 0.2) is 36.7 Å². The number of carbonyl (C=O) groups excluding carboxylic acids is 3. The minimum atomic E-state index is -0.838. The Bertz CT molecular complexity index is 895. The number of aryl methyl sites for hydroxylation is 1. The Morgan fingerprint density at radius 2 is 2.07 bits per heavy atom. The lowest BCUT2D eigenvalue weighted by atomic mass is 10.1. The second-order valence-corrected chi connectivity index (χ2v) is 6.78. The lowest BCUT2D eigenvalue weighted by Crippen LogP contribution is -2.37. The van der Waals surface area contributed by atoms with Crippen LogP contribution in [0, 0.1) is 6.92 Å². The maximum atomic E-state index is 12.6. The van der Waals surface area contributed by atoms with Crippen LogP contribution in [0.2, 0.25) is 0 Å². The quantitative estimate of drug-likeness (QED) is 0.609. The summed E-state index contributed by atoms with van der Waals surface area (Å²) in [6.07, 6.45) is 3.93. The molecular weight excluding hydrogens is 374 g/mol. The van der Waals surface area contributed by atoms with E-state index in [0.717, 1.165) is 16.3 Å². The number of methoxy groups -OCH3 is 1. The van der Waals surface area contributed by atoms with Crippen molar-refractivity contribution in [1.82, 2.24) is 25.1 Å². The molecule has 1 fully saturated rings. The number of amides is 4. The van der Waals surface area contributed by atoms with Gasteiger partial charge in [-0.15, -0.1) is 0 Å². The van der Waals surface area contributed by atoms with Gasteiger partial charge in [0, 0.05) is 32.0 Å². The van der Waals surface area contributed by atoms with E-state index in [2.05, 4.69) is 15.6 Å². The molecule has 0 spiro atoms. The number of aromatic nitrogens is 2. The highest BCUT2D eigenvalue weighted by molar-refractivity contribution is 6.05. The molecule has 0 bridgehead atoms. The van der Waals surface area contributed by atoms with E-state index < -0.39 is 12.1 Å². The molecule has 9 nitrogen and oxygen atoms in total. The molecule has 0 saturated carbocycles. The van der Waals surface area contributed by atoms with Crippen molar-refractivity contribution in [2.24, 2.45) is 0 Å². The minimum absolute atomic E-state index is 0.0847. The van der Waals surface area contributed by atoms with Crippen molar-refractivity contribution in [2.75, 3.05) is 20.2 Å². The number of nitrogens with zero attached hydrogens (tertiary/aromatic N) is 3. The summed E-state index contributed by atoms with van der Waals surface area (Å²) in [6, 6.07) is 6.15. The lowest BCUT2D eigenvalue weighted by molar-refractivity contribution is -0.130. The highest BCUT2D eigenvalue weighted by Gasteiger charge is 2.38. The summed E-state index contributed by atoms with van der Waals surface area (Å²) >= 11 is 0. The number of imidazole rings is 1. The van der Waals surface area contributed by atoms with Crippen molar-refractivity contribution < 1.29 is 19.1 Å². The van der Waals surface area contributed by atoms with E-state index in [1.165, 1.54) is 0 Å². The van der Waals surface area contributed by atoms with Crippen LogP contribution in [-0.4, -0.2) is 58.5 Å². The molecule has 2 heterocycles. The average Bonchev–Trinajstić information content (AvgIpc) is 3.23. The zero-order valence-corrected chi connectivity index (χ0v) is 16.6. The van der Waals surface area contributed by atoms with Crippen LogP contribution in [0.4, 0.5) is 4.79 Å². The van der Waals surface area contributed by atoms with Gasteiger partial charge in [-0.25, -0.2) is 9.78 Å². The van der Waals surface area contributed by atoms with Gasteiger partial charge in [0.1, 0.15) is 17.6 Å². The van der Waals surface area contributed by atoms with E-state index in [9.17, 15) is 14.4 Å². The topological polar surface area (TPSA) is 106 Å². The smallest absolute Gasteiger partial charge is 0.324 e. The second kappa shape index (κ2) is 9.22. The molecule has 1 atom stereocenters. The van der Waals surface area contributed by atoms with Crippen molar-refractivity contribution in [2.45, 2.75) is 32.4 Å². The van der Waals surface area contributed by atoms with Gasteiger partial charge in [-0.05, 0) is 25.0 Å². The van der Waals surface area contributed by atoms with E-state index in [4.69, 9.17) is 4.74 Å². The van der Waals surface area contributed by atoms with Gasteiger partial charge in [0.15, 0.2) is 0 Å². The summed E-state index contributed by atoms with van der Waals surface area (Å²) < 4.78 is 7.22. The van der Waals surface area contributed by atoms with E-state index in [1.807, 2.05) is 42.0 Å². The van der Waals surface area contributed by atoms with Gasteiger partial charge >= 0.3 is 6.03 Å². The normalized spacial score (nSPS) is 16.1. The highest BCUT2D eigenvalue weighted by Crippen LogP contribution is 2.19. The third kappa shape index (κ3) is 4.92. The Balaban J connectivity index is 1.48. The zero-order chi connectivity index (χ0) is 20.8. The summed E-state index contributed by atoms with van der Waals surface area (Å²) in [5.41, 5.74) is 0.909. The molecule has 0 aliphatic carbocycles. The molecule has 2 N–H and O–H groups in total. The molecular formula is C20H25N5O4. The molecule has 4 amide bonds. The summed E-state index contributed by atoms with van der Waals surface area (Å²) in [5, 5.41) is 5.36. The number of imide groups is 1. The number of benzene rings is 1. The number of rotatable bonds is 9. The van der Waals surface area contributed by atoms with Gasteiger partial charge < -0.3 is 19.9 Å². The molecule has 1 aliphatic rings. The predicted molar refractivity (Wildman–Crippen MR) is 105 cm³/mol. The number of ether oxygens (including phenoxy) is 1. The zero-order valence-electron chi connectivity index (χ0n) is 16.6. The first-order valence-electron chi connectivity index (χ1n) is 9.47. The number of para-hydroxylation sites is 1. The summed E-state index contributed by atoms with van der Waals surface area (Å²) in [5.74, 6) is 0.908. The van der Waals surface area contributed by atoms with E-state index in [1.54, 1.807) is 13.3 Å². The van der Waals surface area contributed by atoms with Crippen molar-refractivity contribution >= 4 is 17.8 Å². The second-order valence-electron chi connectivity index (χ2n) is 6.78. The van der Waals surface area contributed by atoms with Crippen molar-refractivity contribution in [3.05, 3.63) is 48.0 Å². The summed E-state index contributed by atoms with van der Waals surface area (Å²) in [7, 11) is 1.58. The van der Waals surface area contributed by atoms with E-state index >= 15 is 0 Å². The van der Waals surface area contributed by atoms with Crippen LogP contribution >= 0.6 is 0 Å². The average molecular weight is 399 g/mol. The Labute approximate surface area is 169 Å². The molecule has 9 heteroatoms. The van der Waals surface area contributed by atoms with Gasteiger partial charge in [-0.3, -0.25) is 14.5 Å². The number of nitrogens with one attached hydrogen (secondary N) is 2. The first-order valence-corrected chi connectivity index (χ1v) is 9.47. The molecule has 2 aromatic rings. The van der Waals surface area contributed by atoms with E-state index in [0.29, 0.717) is 25.3 Å². The molecule has 29 heavy (non-hydrogen) atoms. The fourth-order valence-corrected chi connectivity index (χ4v) is 3.28. The summed E-state index contributed by atoms with van der Waals surface area (Å²) in [4.78, 5) is 42.2. The Hall–Kier alpha value is -3.36. The third-order valence-corrected chi connectivity index (χ3v) is 4.89. The van der Waals surface area contributed by atoms with Crippen molar-refractivity contribution in [3.63, 3.8) is 0 Å². The van der Waals surface area contributed by atoms with Crippen LogP contribution in [-0.2, 0) is 22.6 Å². The van der Waals surface area contributed by atoms with Gasteiger partial charge in [-0.1, -0.05) is 18.2 Å². The number of hydrogen-bond donors (Lipinski definition) is 2. The maximum Gasteiger partial charge on any atom is 0.324 e. The first-order chi connectivity index (χ1) is 14.0. The molecule has 1 saturated heterocycles. The molecule has 0 radical (unpaired) electrons. The standard InChI is InChI=1S/C20H25N5O4/c1-14-21-8-11-24(14)12-9-22-18(26)13-16-19(27)25(20(28)23-16)10-7-15-5-3-4-6-17(15)29-2/h3-6,8,11,16H,7,9-10,12-13H2,1-2H3,(H,22,26)(H,23,28)/t16-/m0/s1. The molecule has 1 aliphatic heterocycles. The van der Waals surface area contributed by atoms with Gasteiger partial charge in [-0.2, -0.15) is 0 Å². The third-order valence-electron chi connectivity index (χ3n) is 4.89. The van der Waals surface area contributed by atoms with Gasteiger partial charge in [0.2, 0.25) is 5.91 Å². The fraction of sp³-hybridized carbons (Fsp3) is 0.400. The molecule has 154 valence electrons.